The predicted molar refractivity (Wildman–Crippen MR) is 68.4 cm³/mol. The topological polar surface area (TPSA) is 71.4 Å². The average molecular weight is 310 g/mol. The highest BCUT2D eigenvalue weighted by Crippen LogP contribution is 2.22. The van der Waals surface area contributed by atoms with Gasteiger partial charge in [0.25, 0.3) is 0 Å². The van der Waals surface area contributed by atoms with Crippen molar-refractivity contribution in [1.82, 2.24) is 0 Å². The third-order valence-corrected chi connectivity index (χ3v) is 4.87. The van der Waals surface area contributed by atoms with Crippen LogP contribution in [0.4, 0.5) is 8.78 Å². The van der Waals surface area contributed by atoms with Crippen molar-refractivity contribution in [1.29, 1.82) is 0 Å². The molecule has 0 spiro atoms. The molecule has 1 aromatic rings. The number of hydrogen-bond acceptors (Lipinski definition) is 4. The van der Waals surface area contributed by atoms with Crippen molar-refractivity contribution in [3.8, 4) is 0 Å². The van der Waals surface area contributed by atoms with Gasteiger partial charge in [0, 0.05) is 0 Å². The van der Waals surface area contributed by atoms with E-state index in [1.165, 1.54) is 11.8 Å². The fourth-order valence-corrected chi connectivity index (χ4v) is 3.48. The second kappa shape index (κ2) is 6.33. The van der Waals surface area contributed by atoms with Gasteiger partial charge >= 0.3 is 5.97 Å². The summed E-state index contributed by atoms with van der Waals surface area (Å²) >= 11 is 1.44. The van der Waals surface area contributed by atoms with Crippen LogP contribution in [0.5, 0.6) is 0 Å². The van der Waals surface area contributed by atoms with Gasteiger partial charge in [0.1, 0.15) is 16.3 Å². The van der Waals surface area contributed by atoms with Crippen molar-refractivity contribution in [2.45, 2.75) is 11.3 Å². The summed E-state index contributed by atoms with van der Waals surface area (Å²) in [6.45, 7) is 0. The summed E-state index contributed by atoms with van der Waals surface area (Å²) in [6, 6.07) is 1.40. The van der Waals surface area contributed by atoms with Crippen LogP contribution in [-0.4, -0.2) is 37.3 Å². The maximum Gasteiger partial charge on any atom is 0.341 e. The number of rotatable bonds is 6. The Morgan fingerprint density at radius 2 is 2.00 bits per heavy atom. The Labute approximate surface area is 113 Å². The monoisotopic (exact) mass is 310 g/mol. The summed E-state index contributed by atoms with van der Waals surface area (Å²) in [5, 5.41) is 8.67. The standard InChI is InChI=1S/C11H12F2O4S2/c1-18-5-2-6-19(16,17)8-4-3-7(12)9(10(8)13)11(14)15/h3-4H,2,5-6H2,1H3,(H,14,15). The van der Waals surface area contributed by atoms with Gasteiger partial charge in [-0.15, -0.1) is 0 Å². The molecule has 1 aromatic carbocycles. The Morgan fingerprint density at radius 1 is 1.37 bits per heavy atom. The van der Waals surface area contributed by atoms with E-state index in [-0.39, 0.29) is 5.75 Å². The van der Waals surface area contributed by atoms with Crippen molar-refractivity contribution < 1.29 is 27.1 Å². The van der Waals surface area contributed by atoms with Crippen LogP contribution in [0.1, 0.15) is 16.8 Å². The van der Waals surface area contributed by atoms with E-state index in [2.05, 4.69) is 0 Å². The molecule has 0 atom stereocenters. The molecule has 0 aliphatic rings. The lowest BCUT2D eigenvalue weighted by Gasteiger charge is -2.08. The van der Waals surface area contributed by atoms with Crippen LogP contribution in [0, 0.1) is 11.6 Å². The molecular formula is C11H12F2O4S2. The van der Waals surface area contributed by atoms with E-state index in [0.717, 1.165) is 6.07 Å². The van der Waals surface area contributed by atoms with Gasteiger partial charge in [-0.1, -0.05) is 0 Å². The fourth-order valence-electron chi connectivity index (χ4n) is 1.47. The molecule has 0 radical (unpaired) electrons. The van der Waals surface area contributed by atoms with Crippen LogP contribution >= 0.6 is 11.8 Å². The molecule has 0 saturated carbocycles. The van der Waals surface area contributed by atoms with Crippen molar-refractivity contribution in [2.24, 2.45) is 0 Å². The average Bonchev–Trinajstić information content (AvgIpc) is 2.28. The molecule has 0 aliphatic heterocycles. The number of carboxylic acids is 1. The number of carbonyl (C=O) groups is 1. The van der Waals surface area contributed by atoms with E-state index in [0.29, 0.717) is 18.2 Å². The number of thioether (sulfide) groups is 1. The Balaban J connectivity index is 3.21. The first-order valence-electron chi connectivity index (χ1n) is 5.24. The van der Waals surface area contributed by atoms with Crippen molar-refractivity contribution >= 4 is 27.6 Å². The molecular weight excluding hydrogens is 298 g/mol. The zero-order chi connectivity index (χ0) is 14.6. The molecule has 0 fully saturated rings. The summed E-state index contributed by atoms with van der Waals surface area (Å²) < 4.78 is 50.6. The van der Waals surface area contributed by atoms with E-state index < -0.39 is 37.9 Å². The van der Waals surface area contributed by atoms with E-state index in [1.807, 2.05) is 0 Å². The zero-order valence-corrected chi connectivity index (χ0v) is 11.7. The highest BCUT2D eigenvalue weighted by molar-refractivity contribution is 7.98. The summed E-state index contributed by atoms with van der Waals surface area (Å²) in [6.07, 6.45) is 2.11. The minimum absolute atomic E-state index is 0.308. The Morgan fingerprint density at radius 3 is 2.53 bits per heavy atom. The van der Waals surface area contributed by atoms with E-state index in [4.69, 9.17) is 5.11 Å². The van der Waals surface area contributed by atoms with Gasteiger partial charge in [-0.25, -0.2) is 22.0 Å². The number of benzene rings is 1. The van der Waals surface area contributed by atoms with Gasteiger partial charge < -0.3 is 5.11 Å². The first-order chi connectivity index (χ1) is 8.81. The highest BCUT2D eigenvalue weighted by atomic mass is 32.2. The number of aromatic carboxylic acids is 1. The molecule has 0 unspecified atom stereocenters. The van der Waals surface area contributed by atoms with E-state index in [9.17, 15) is 22.0 Å². The first kappa shape index (κ1) is 15.9. The van der Waals surface area contributed by atoms with Gasteiger partial charge in [-0.3, -0.25) is 0 Å². The Kier molecular flexibility index (Phi) is 5.30. The molecule has 4 nitrogen and oxygen atoms in total. The molecule has 0 aromatic heterocycles. The fraction of sp³-hybridized carbons (Fsp3) is 0.364. The predicted octanol–water partition coefficient (Wildman–Crippen LogP) is 2.19. The zero-order valence-electron chi connectivity index (χ0n) is 10.0. The third kappa shape index (κ3) is 3.66. The smallest absolute Gasteiger partial charge is 0.341 e. The first-order valence-corrected chi connectivity index (χ1v) is 8.29. The number of carboxylic acid groups (broad SMARTS) is 1. The number of hydrogen-bond donors (Lipinski definition) is 1. The molecule has 1 N–H and O–H groups in total. The molecule has 0 bridgehead atoms. The maximum atomic E-state index is 13.8. The minimum atomic E-state index is -3.95. The summed E-state index contributed by atoms with van der Waals surface area (Å²) in [5.74, 6) is -4.41. The lowest BCUT2D eigenvalue weighted by molar-refractivity contribution is 0.0685. The molecule has 0 aliphatic carbocycles. The van der Waals surface area contributed by atoms with Gasteiger partial charge in [-0.05, 0) is 30.6 Å². The SMILES string of the molecule is CSCCCS(=O)(=O)c1ccc(F)c(C(=O)O)c1F. The van der Waals surface area contributed by atoms with E-state index >= 15 is 0 Å². The second-order valence-electron chi connectivity index (χ2n) is 3.70. The molecule has 19 heavy (non-hydrogen) atoms. The number of halogens is 2. The number of sulfone groups is 1. The van der Waals surface area contributed by atoms with Crippen LogP contribution in [0.25, 0.3) is 0 Å². The van der Waals surface area contributed by atoms with Gasteiger partial charge in [-0.2, -0.15) is 11.8 Å². The van der Waals surface area contributed by atoms with Crippen LogP contribution in [0.15, 0.2) is 17.0 Å². The molecule has 0 amide bonds. The van der Waals surface area contributed by atoms with Crippen molar-refractivity contribution in [2.75, 3.05) is 17.8 Å². The Bertz CT molecular complexity index is 585. The van der Waals surface area contributed by atoms with Gasteiger partial charge in [0.2, 0.25) is 0 Å². The summed E-state index contributed by atoms with van der Waals surface area (Å²) in [5.41, 5.74) is -1.24. The molecule has 0 heterocycles. The normalized spacial score (nSPS) is 11.5. The largest absolute Gasteiger partial charge is 0.477 e. The Hall–Kier alpha value is -1.15. The van der Waals surface area contributed by atoms with Gasteiger partial charge in [0.05, 0.1) is 5.75 Å². The quantitative estimate of drug-likeness (QED) is 0.644. The maximum absolute atomic E-state index is 13.8. The van der Waals surface area contributed by atoms with Crippen molar-refractivity contribution in [3.63, 3.8) is 0 Å². The lowest BCUT2D eigenvalue weighted by Crippen LogP contribution is -2.14. The molecule has 106 valence electrons. The molecule has 0 saturated heterocycles. The highest BCUT2D eigenvalue weighted by Gasteiger charge is 2.26. The van der Waals surface area contributed by atoms with Crippen molar-refractivity contribution in [3.05, 3.63) is 29.3 Å². The third-order valence-electron chi connectivity index (χ3n) is 2.37. The van der Waals surface area contributed by atoms with Crippen LogP contribution in [0.3, 0.4) is 0 Å². The van der Waals surface area contributed by atoms with E-state index in [1.54, 1.807) is 6.26 Å². The van der Waals surface area contributed by atoms with Crippen LogP contribution in [-0.2, 0) is 9.84 Å². The summed E-state index contributed by atoms with van der Waals surface area (Å²) in [7, 11) is -3.95. The lowest BCUT2D eigenvalue weighted by atomic mass is 10.2. The molecule has 8 heteroatoms. The minimum Gasteiger partial charge on any atom is -0.477 e. The molecule has 1 rings (SSSR count). The summed E-state index contributed by atoms with van der Waals surface area (Å²) in [4.78, 5) is 9.93. The van der Waals surface area contributed by atoms with Gasteiger partial charge in [0.15, 0.2) is 15.7 Å². The second-order valence-corrected chi connectivity index (χ2v) is 6.77. The van der Waals surface area contributed by atoms with Crippen LogP contribution < -0.4 is 0 Å². The van der Waals surface area contributed by atoms with Crippen LogP contribution in [0.2, 0.25) is 0 Å².